The lowest BCUT2D eigenvalue weighted by Gasteiger charge is -2.48. The van der Waals surface area contributed by atoms with E-state index in [9.17, 15) is 0 Å². The number of hydrogen-bond donors (Lipinski definition) is 1. The maximum absolute atomic E-state index is 6.29. The summed E-state index contributed by atoms with van der Waals surface area (Å²) in [7, 11) is 0. The van der Waals surface area contributed by atoms with Gasteiger partial charge >= 0.3 is 0 Å². The van der Waals surface area contributed by atoms with Gasteiger partial charge in [-0.15, -0.1) is 0 Å². The Hall–Kier alpha value is -0.160. The van der Waals surface area contributed by atoms with Crippen LogP contribution in [0.2, 0.25) is 0 Å². The number of hydrogen-bond acceptors (Lipinski definition) is 4. The van der Waals surface area contributed by atoms with Crippen LogP contribution in [0.1, 0.15) is 39.5 Å². The SMILES string of the molecule is CC1CC(C)CC(CN)(N2CCC(N3CCOCC3)C2)C1. The molecule has 3 unspecified atom stereocenters. The normalized spacial score (nSPS) is 43.3. The monoisotopic (exact) mass is 295 g/mol. The Morgan fingerprint density at radius 2 is 1.76 bits per heavy atom. The minimum atomic E-state index is 0.276. The van der Waals surface area contributed by atoms with Crippen molar-refractivity contribution >= 4 is 0 Å². The fourth-order valence-corrected chi connectivity index (χ4v) is 5.20. The van der Waals surface area contributed by atoms with E-state index >= 15 is 0 Å². The predicted molar refractivity (Wildman–Crippen MR) is 86.3 cm³/mol. The Balaban J connectivity index is 1.65. The van der Waals surface area contributed by atoms with Gasteiger partial charge in [0.05, 0.1) is 13.2 Å². The van der Waals surface area contributed by atoms with Gasteiger partial charge in [-0.1, -0.05) is 13.8 Å². The van der Waals surface area contributed by atoms with E-state index in [1.165, 1.54) is 38.8 Å². The topological polar surface area (TPSA) is 41.7 Å². The second-order valence-corrected chi connectivity index (χ2v) is 7.82. The molecule has 3 rings (SSSR count). The van der Waals surface area contributed by atoms with Crippen molar-refractivity contribution in [2.45, 2.75) is 51.1 Å². The maximum Gasteiger partial charge on any atom is 0.0594 e. The summed E-state index contributed by atoms with van der Waals surface area (Å²) in [5.74, 6) is 1.64. The highest BCUT2D eigenvalue weighted by Gasteiger charge is 2.44. The molecule has 4 heteroatoms. The molecule has 2 aliphatic heterocycles. The first-order valence-corrected chi connectivity index (χ1v) is 8.90. The van der Waals surface area contributed by atoms with Gasteiger partial charge in [-0.05, 0) is 37.5 Å². The fourth-order valence-electron chi connectivity index (χ4n) is 5.20. The van der Waals surface area contributed by atoms with E-state index in [2.05, 4.69) is 23.6 Å². The summed E-state index contributed by atoms with van der Waals surface area (Å²) in [4.78, 5) is 5.39. The van der Waals surface area contributed by atoms with Gasteiger partial charge in [0.25, 0.3) is 0 Å². The van der Waals surface area contributed by atoms with Gasteiger partial charge < -0.3 is 10.5 Å². The molecule has 0 radical (unpaired) electrons. The van der Waals surface area contributed by atoms with Gasteiger partial charge in [-0.2, -0.15) is 0 Å². The molecule has 0 aromatic carbocycles. The summed E-state index contributed by atoms with van der Waals surface area (Å²) in [5.41, 5.74) is 6.57. The lowest BCUT2D eigenvalue weighted by Crippen LogP contribution is -2.57. The molecular formula is C17H33N3O. The zero-order valence-corrected chi connectivity index (χ0v) is 13.9. The Bertz CT molecular complexity index is 333. The minimum absolute atomic E-state index is 0.276. The number of rotatable bonds is 3. The molecule has 2 saturated heterocycles. The number of nitrogens with two attached hydrogens (primary N) is 1. The van der Waals surface area contributed by atoms with E-state index in [0.29, 0.717) is 0 Å². The fraction of sp³-hybridized carbons (Fsp3) is 1.00. The Morgan fingerprint density at radius 1 is 1.10 bits per heavy atom. The molecule has 0 spiro atoms. The van der Waals surface area contributed by atoms with Crippen LogP contribution in [-0.4, -0.2) is 67.3 Å². The van der Waals surface area contributed by atoms with Gasteiger partial charge in [0.1, 0.15) is 0 Å². The molecule has 0 amide bonds. The first-order chi connectivity index (χ1) is 10.1. The van der Waals surface area contributed by atoms with Gasteiger partial charge in [-0.25, -0.2) is 0 Å². The quantitative estimate of drug-likeness (QED) is 0.858. The Kier molecular flexibility index (Phi) is 4.89. The summed E-state index contributed by atoms with van der Waals surface area (Å²) < 4.78 is 5.50. The first kappa shape index (κ1) is 15.7. The molecule has 2 heterocycles. The number of nitrogens with zero attached hydrogens (tertiary/aromatic N) is 2. The molecule has 1 saturated carbocycles. The number of morpholine rings is 1. The summed E-state index contributed by atoms with van der Waals surface area (Å²) in [6.45, 7) is 12.2. The molecule has 3 atom stereocenters. The zero-order chi connectivity index (χ0) is 14.9. The molecule has 3 aliphatic rings. The van der Waals surface area contributed by atoms with E-state index in [-0.39, 0.29) is 5.54 Å². The molecular weight excluding hydrogens is 262 g/mol. The van der Waals surface area contributed by atoms with Crippen molar-refractivity contribution < 1.29 is 4.74 Å². The summed E-state index contributed by atoms with van der Waals surface area (Å²) in [5, 5.41) is 0. The predicted octanol–water partition coefficient (Wildman–Crippen LogP) is 1.55. The second-order valence-electron chi connectivity index (χ2n) is 7.82. The van der Waals surface area contributed by atoms with Crippen molar-refractivity contribution in [3.05, 3.63) is 0 Å². The molecule has 4 nitrogen and oxygen atoms in total. The highest BCUT2D eigenvalue weighted by molar-refractivity contribution is 5.01. The second kappa shape index (κ2) is 6.53. The van der Waals surface area contributed by atoms with Crippen molar-refractivity contribution in [3.8, 4) is 0 Å². The molecule has 2 N–H and O–H groups in total. The summed E-state index contributed by atoms with van der Waals surface area (Å²) >= 11 is 0. The van der Waals surface area contributed by atoms with Crippen LogP contribution in [0.3, 0.4) is 0 Å². The van der Waals surface area contributed by atoms with Crippen LogP contribution < -0.4 is 5.73 Å². The van der Waals surface area contributed by atoms with E-state index in [1.54, 1.807) is 0 Å². The van der Waals surface area contributed by atoms with Crippen molar-refractivity contribution in [1.82, 2.24) is 9.80 Å². The van der Waals surface area contributed by atoms with E-state index in [4.69, 9.17) is 10.5 Å². The van der Waals surface area contributed by atoms with Gasteiger partial charge in [-0.3, -0.25) is 9.80 Å². The third-order valence-corrected chi connectivity index (χ3v) is 6.04. The van der Waals surface area contributed by atoms with E-state index < -0.39 is 0 Å². The largest absolute Gasteiger partial charge is 0.379 e. The van der Waals surface area contributed by atoms with Crippen molar-refractivity contribution in [2.24, 2.45) is 17.6 Å². The number of ether oxygens (including phenoxy) is 1. The standard InChI is InChI=1S/C17H33N3O/c1-14-9-15(2)11-17(10-14,13-18)20-4-3-16(12-20)19-5-7-21-8-6-19/h14-16H,3-13,18H2,1-2H3. The van der Waals surface area contributed by atoms with E-state index in [1.807, 2.05) is 0 Å². The van der Waals surface area contributed by atoms with Crippen LogP contribution in [0.4, 0.5) is 0 Å². The minimum Gasteiger partial charge on any atom is -0.379 e. The molecule has 3 fully saturated rings. The Labute approximate surface area is 130 Å². The molecule has 0 aromatic rings. The molecule has 21 heavy (non-hydrogen) atoms. The maximum atomic E-state index is 6.29. The highest BCUT2D eigenvalue weighted by atomic mass is 16.5. The summed E-state index contributed by atoms with van der Waals surface area (Å²) in [6, 6.07) is 0.727. The average Bonchev–Trinajstić information content (AvgIpc) is 2.97. The molecule has 1 aliphatic carbocycles. The van der Waals surface area contributed by atoms with Crippen LogP contribution in [0.5, 0.6) is 0 Å². The van der Waals surface area contributed by atoms with Crippen LogP contribution in [0.15, 0.2) is 0 Å². The zero-order valence-electron chi connectivity index (χ0n) is 13.9. The third-order valence-electron chi connectivity index (χ3n) is 6.04. The van der Waals surface area contributed by atoms with Crippen LogP contribution in [0.25, 0.3) is 0 Å². The number of likely N-dealkylation sites (tertiary alicyclic amines) is 1. The summed E-state index contributed by atoms with van der Waals surface area (Å²) in [6.07, 6.45) is 5.28. The van der Waals surface area contributed by atoms with Gasteiger partial charge in [0, 0.05) is 44.3 Å². The lowest BCUT2D eigenvalue weighted by molar-refractivity contribution is 0.00518. The third kappa shape index (κ3) is 3.29. The highest BCUT2D eigenvalue weighted by Crippen LogP contribution is 2.41. The molecule has 122 valence electrons. The van der Waals surface area contributed by atoms with Gasteiger partial charge in [0.15, 0.2) is 0 Å². The van der Waals surface area contributed by atoms with Crippen LogP contribution in [0, 0.1) is 11.8 Å². The van der Waals surface area contributed by atoms with Crippen molar-refractivity contribution in [2.75, 3.05) is 45.9 Å². The van der Waals surface area contributed by atoms with E-state index in [0.717, 1.165) is 50.7 Å². The smallest absolute Gasteiger partial charge is 0.0594 e. The van der Waals surface area contributed by atoms with Crippen LogP contribution in [-0.2, 0) is 4.74 Å². The van der Waals surface area contributed by atoms with Crippen molar-refractivity contribution in [3.63, 3.8) is 0 Å². The van der Waals surface area contributed by atoms with Crippen molar-refractivity contribution in [1.29, 1.82) is 0 Å². The van der Waals surface area contributed by atoms with Crippen LogP contribution >= 0.6 is 0 Å². The first-order valence-electron chi connectivity index (χ1n) is 8.90. The lowest BCUT2D eigenvalue weighted by atomic mass is 9.71. The van der Waals surface area contributed by atoms with Gasteiger partial charge in [0.2, 0.25) is 0 Å². The average molecular weight is 295 g/mol. The Morgan fingerprint density at radius 3 is 2.38 bits per heavy atom. The molecule has 0 aromatic heterocycles. The molecule has 0 bridgehead atoms.